The van der Waals surface area contributed by atoms with Crippen LogP contribution in [0.15, 0.2) is 58.4 Å². The number of nitrogens with one attached hydrogen (secondary N) is 3. The maximum absolute atomic E-state index is 11.5. The summed E-state index contributed by atoms with van der Waals surface area (Å²) in [5, 5.41) is 6.59. The van der Waals surface area contributed by atoms with E-state index in [2.05, 4.69) is 25.6 Å². The van der Waals surface area contributed by atoms with Crippen molar-refractivity contribution in [3.05, 3.63) is 59.9 Å². The summed E-state index contributed by atoms with van der Waals surface area (Å²) in [5.41, 5.74) is 3.14. The van der Waals surface area contributed by atoms with Gasteiger partial charge in [-0.2, -0.15) is 0 Å². The van der Waals surface area contributed by atoms with Crippen LogP contribution in [0.4, 0.5) is 0 Å². The quantitative estimate of drug-likeness (QED) is 0.176. The number of sulfone groups is 1. The number of benzene rings is 2. The topological polar surface area (TPSA) is 99.2 Å². The predicted octanol–water partition coefficient (Wildman–Crippen LogP) is 2.92. The van der Waals surface area contributed by atoms with Crippen LogP contribution in [-0.2, 0) is 22.7 Å². The number of fused-ring (bicyclic) bond motifs is 1. The molecule has 0 atom stereocenters. The molecule has 3 rings (SSSR count). The zero-order valence-corrected chi connectivity index (χ0v) is 20.3. The molecule has 0 amide bonds. The third kappa shape index (κ3) is 6.98. The molecule has 0 saturated carbocycles. The summed E-state index contributed by atoms with van der Waals surface area (Å²) in [6.07, 6.45) is 3.80. The van der Waals surface area contributed by atoms with Crippen LogP contribution in [0.3, 0.4) is 0 Å². The Bertz CT molecular complexity index is 1050. The molecule has 0 spiro atoms. The van der Waals surface area contributed by atoms with Crippen LogP contribution in [0.5, 0.6) is 0 Å². The highest BCUT2D eigenvalue weighted by molar-refractivity contribution is 14.0. The molecule has 30 heavy (non-hydrogen) atoms. The number of H-pyrrole nitrogens is 1. The second-order valence-electron chi connectivity index (χ2n) is 6.90. The van der Waals surface area contributed by atoms with Crippen molar-refractivity contribution < 1.29 is 8.42 Å². The lowest BCUT2D eigenvalue weighted by atomic mass is 10.1. The number of para-hydroxylation sites is 2. The third-order valence-corrected chi connectivity index (χ3v) is 5.73. The number of rotatable bonds is 8. The maximum Gasteiger partial charge on any atom is 0.190 e. The molecule has 0 unspecified atom stereocenters. The van der Waals surface area contributed by atoms with Crippen molar-refractivity contribution in [2.24, 2.45) is 4.99 Å². The molecular weight excluding hydrogens is 513 g/mol. The number of nitrogens with zero attached hydrogens (tertiary/aromatic N) is 2. The maximum atomic E-state index is 11.5. The van der Waals surface area contributed by atoms with Crippen LogP contribution in [0.25, 0.3) is 11.0 Å². The van der Waals surface area contributed by atoms with Gasteiger partial charge in [0.2, 0.25) is 0 Å². The fourth-order valence-electron chi connectivity index (χ4n) is 3.04. The molecule has 9 heteroatoms. The van der Waals surface area contributed by atoms with Crippen LogP contribution in [0.2, 0.25) is 0 Å². The van der Waals surface area contributed by atoms with Crippen LogP contribution >= 0.6 is 24.0 Å². The van der Waals surface area contributed by atoms with Gasteiger partial charge in [0.25, 0.3) is 0 Å². The zero-order chi connectivity index (χ0) is 20.7. The third-order valence-electron chi connectivity index (χ3n) is 4.60. The van der Waals surface area contributed by atoms with Crippen molar-refractivity contribution in [1.29, 1.82) is 0 Å². The fourth-order valence-corrected chi connectivity index (χ4v) is 3.67. The van der Waals surface area contributed by atoms with Gasteiger partial charge in [0, 0.05) is 32.8 Å². The standard InChI is InChI=1S/C21H27N5O2S.HI/c1-22-21(24-15-13-16-9-11-17(12-10-16)29(2,27)28)23-14-5-8-20-25-18-6-3-4-7-19(18)26-20;/h3-4,6-7,9-12H,5,8,13-15H2,1-2H3,(H,25,26)(H2,22,23,24);1H. The van der Waals surface area contributed by atoms with Gasteiger partial charge in [0.15, 0.2) is 15.8 Å². The minimum atomic E-state index is -3.15. The van der Waals surface area contributed by atoms with E-state index in [9.17, 15) is 8.42 Å². The SMILES string of the molecule is CN=C(NCCCc1nc2ccccc2[nH]1)NCCc1ccc(S(C)(=O)=O)cc1.I. The van der Waals surface area contributed by atoms with Gasteiger partial charge in [-0.25, -0.2) is 13.4 Å². The van der Waals surface area contributed by atoms with E-state index in [0.29, 0.717) is 11.4 Å². The Morgan fingerprint density at radius 2 is 1.73 bits per heavy atom. The van der Waals surface area contributed by atoms with Gasteiger partial charge in [-0.15, -0.1) is 24.0 Å². The molecule has 0 fully saturated rings. The molecule has 2 aromatic carbocycles. The number of aliphatic imine (C=N–C) groups is 1. The van der Waals surface area contributed by atoms with Crippen molar-refractivity contribution in [2.75, 3.05) is 26.4 Å². The number of hydrogen-bond donors (Lipinski definition) is 3. The number of aromatic nitrogens is 2. The smallest absolute Gasteiger partial charge is 0.190 e. The van der Waals surface area contributed by atoms with E-state index in [1.54, 1.807) is 19.2 Å². The first-order valence-corrected chi connectivity index (χ1v) is 11.5. The van der Waals surface area contributed by atoms with Crippen LogP contribution in [0.1, 0.15) is 17.8 Å². The van der Waals surface area contributed by atoms with Crippen molar-refractivity contribution in [3.63, 3.8) is 0 Å². The number of hydrogen-bond acceptors (Lipinski definition) is 4. The number of guanidine groups is 1. The average Bonchev–Trinajstić information content (AvgIpc) is 3.12. The molecule has 0 aliphatic carbocycles. The highest BCUT2D eigenvalue weighted by Gasteiger charge is 2.06. The van der Waals surface area contributed by atoms with Gasteiger partial charge >= 0.3 is 0 Å². The summed E-state index contributed by atoms with van der Waals surface area (Å²) < 4.78 is 23.0. The van der Waals surface area contributed by atoms with E-state index in [-0.39, 0.29) is 24.0 Å². The molecule has 0 saturated heterocycles. The van der Waals surface area contributed by atoms with Crippen molar-refractivity contribution >= 4 is 50.8 Å². The van der Waals surface area contributed by atoms with Crippen LogP contribution < -0.4 is 10.6 Å². The van der Waals surface area contributed by atoms with Gasteiger partial charge in [-0.05, 0) is 42.7 Å². The Kier molecular flexibility index (Phi) is 9.09. The Morgan fingerprint density at radius 3 is 2.40 bits per heavy atom. The molecule has 3 N–H and O–H groups in total. The summed E-state index contributed by atoms with van der Waals surface area (Å²) in [6, 6.07) is 15.0. The first-order valence-electron chi connectivity index (χ1n) is 9.63. The highest BCUT2D eigenvalue weighted by Crippen LogP contribution is 2.11. The summed E-state index contributed by atoms with van der Waals surface area (Å²) in [7, 11) is -1.40. The lowest BCUT2D eigenvalue weighted by Gasteiger charge is -2.11. The molecule has 7 nitrogen and oxygen atoms in total. The minimum absolute atomic E-state index is 0. The van der Waals surface area contributed by atoms with Gasteiger partial charge < -0.3 is 15.6 Å². The Balaban J connectivity index is 0.00000320. The lowest BCUT2D eigenvalue weighted by Crippen LogP contribution is -2.38. The Hall–Kier alpha value is -2.14. The molecule has 1 aromatic heterocycles. The van der Waals surface area contributed by atoms with Gasteiger partial charge in [0.05, 0.1) is 15.9 Å². The molecular formula is C21H28IN5O2S. The fraction of sp³-hybridized carbons (Fsp3) is 0.333. The monoisotopic (exact) mass is 541 g/mol. The minimum Gasteiger partial charge on any atom is -0.356 e. The van der Waals surface area contributed by atoms with E-state index in [4.69, 9.17) is 0 Å². The highest BCUT2D eigenvalue weighted by atomic mass is 127. The van der Waals surface area contributed by atoms with Crippen molar-refractivity contribution in [1.82, 2.24) is 20.6 Å². The van der Waals surface area contributed by atoms with E-state index in [0.717, 1.165) is 54.2 Å². The second-order valence-corrected chi connectivity index (χ2v) is 8.91. The molecule has 0 aliphatic rings. The Labute approximate surface area is 194 Å². The molecule has 0 aliphatic heterocycles. The number of imidazole rings is 1. The summed E-state index contributed by atoms with van der Waals surface area (Å²) in [4.78, 5) is 12.5. The predicted molar refractivity (Wildman–Crippen MR) is 132 cm³/mol. The first-order chi connectivity index (χ1) is 14.0. The molecule has 0 radical (unpaired) electrons. The summed E-state index contributed by atoms with van der Waals surface area (Å²) in [5.74, 6) is 1.75. The van der Waals surface area contributed by atoms with Crippen LogP contribution in [-0.4, -0.2) is 50.7 Å². The van der Waals surface area contributed by atoms with Gasteiger partial charge in [-0.3, -0.25) is 4.99 Å². The number of aromatic amines is 1. The van der Waals surface area contributed by atoms with E-state index < -0.39 is 9.84 Å². The molecule has 1 heterocycles. The van der Waals surface area contributed by atoms with Gasteiger partial charge in [0.1, 0.15) is 5.82 Å². The van der Waals surface area contributed by atoms with E-state index in [1.165, 1.54) is 6.26 Å². The normalized spacial score (nSPS) is 11.9. The zero-order valence-electron chi connectivity index (χ0n) is 17.2. The Morgan fingerprint density at radius 1 is 1.03 bits per heavy atom. The van der Waals surface area contributed by atoms with Crippen molar-refractivity contribution in [3.8, 4) is 0 Å². The number of halogens is 1. The summed E-state index contributed by atoms with van der Waals surface area (Å²) >= 11 is 0. The average molecular weight is 541 g/mol. The summed E-state index contributed by atoms with van der Waals surface area (Å²) in [6.45, 7) is 1.50. The molecule has 162 valence electrons. The second kappa shape index (κ2) is 11.3. The lowest BCUT2D eigenvalue weighted by molar-refractivity contribution is 0.602. The number of aryl methyl sites for hydroxylation is 1. The molecule has 3 aromatic rings. The van der Waals surface area contributed by atoms with E-state index in [1.807, 2.05) is 36.4 Å². The first kappa shape index (κ1) is 24.1. The van der Waals surface area contributed by atoms with Gasteiger partial charge in [-0.1, -0.05) is 24.3 Å². The van der Waals surface area contributed by atoms with Crippen molar-refractivity contribution in [2.45, 2.75) is 24.2 Å². The molecule has 0 bridgehead atoms. The largest absolute Gasteiger partial charge is 0.356 e. The van der Waals surface area contributed by atoms with Crippen LogP contribution in [0, 0.1) is 0 Å². The van der Waals surface area contributed by atoms with E-state index >= 15 is 0 Å².